The first kappa shape index (κ1) is 21.6. The zero-order valence-corrected chi connectivity index (χ0v) is 17.8. The molecule has 144 valence electrons. The third-order valence-corrected chi connectivity index (χ3v) is 5.72. The van der Waals surface area contributed by atoms with Gasteiger partial charge in [-0.25, -0.2) is 9.37 Å². The third kappa shape index (κ3) is 4.99. The first-order chi connectivity index (χ1) is 12.5. The predicted octanol–water partition coefficient (Wildman–Crippen LogP) is 4.79. The molecule has 0 aliphatic heterocycles. The average molecular weight is 426 g/mol. The summed E-state index contributed by atoms with van der Waals surface area (Å²) < 4.78 is 14.6. The molecule has 3 rings (SSSR count). The molecular formula is C19H21ClFN3OS2. The molecule has 0 saturated heterocycles. The maximum atomic E-state index is 13.6. The van der Waals surface area contributed by atoms with E-state index in [0.29, 0.717) is 23.8 Å². The number of carbonyl (C=O) groups excluding carboxylic acids is 1. The number of fused-ring (bicyclic) bond motifs is 1. The Morgan fingerprint density at radius 2 is 1.93 bits per heavy atom. The van der Waals surface area contributed by atoms with Crippen molar-refractivity contribution in [2.45, 2.75) is 4.90 Å². The number of amides is 1. The molecule has 0 spiro atoms. The number of halogens is 2. The highest BCUT2D eigenvalue weighted by molar-refractivity contribution is 7.98. The summed E-state index contributed by atoms with van der Waals surface area (Å²) in [6.07, 6.45) is 2.01. The largest absolute Gasteiger partial charge is 0.308 e. The number of hydrogen-bond donors (Lipinski definition) is 0. The second kappa shape index (κ2) is 9.50. The quantitative estimate of drug-likeness (QED) is 0.532. The van der Waals surface area contributed by atoms with Gasteiger partial charge in [0.25, 0.3) is 5.91 Å². The summed E-state index contributed by atoms with van der Waals surface area (Å²) in [4.78, 5) is 22.5. The van der Waals surface area contributed by atoms with Crippen LogP contribution in [0.5, 0.6) is 0 Å². The van der Waals surface area contributed by atoms with Crippen LogP contribution in [0.1, 0.15) is 10.4 Å². The molecule has 0 aliphatic rings. The van der Waals surface area contributed by atoms with Crippen LogP contribution < -0.4 is 4.90 Å². The van der Waals surface area contributed by atoms with Gasteiger partial charge in [0.1, 0.15) is 5.82 Å². The summed E-state index contributed by atoms with van der Waals surface area (Å²) in [6, 6.07) is 11.8. The van der Waals surface area contributed by atoms with Gasteiger partial charge in [-0.2, -0.15) is 0 Å². The van der Waals surface area contributed by atoms with E-state index in [1.165, 1.54) is 23.5 Å². The van der Waals surface area contributed by atoms with Crippen LogP contribution >= 0.6 is 35.5 Å². The predicted molar refractivity (Wildman–Crippen MR) is 115 cm³/mol. The smallest absolute Gasteiger partial charge is 0.260 e. The molecule has 2 aromatic carbocycles. The molecule has 0 aliphatic carbocycles. The first-order valence-electron chi connectivity index (χ1n) is 8.15. The summed E-state index contributed by atoms with van der Waals surface area (Å²) in [5.41, 5.74) is 1.23. The van der Waals surface area contributed by atoms with E-state index in [9.17, 15) is 9.18 Å². The van der Waals surface area contributed by atoms with E-state index in [0.717, 1.165) is 15.1 Å². The highest BCUT2D eigenvalue weighted by Crippen LogP contribution is 2.34. The fourth-order valence-corrected chi connectivity index (χ4v) is 4.20. The zero-order valence-electron chi connectivity index (χ0n) is 15.3. The lowest BCUT2D eigenvalue weighted by molar-refractivity contribution is 0.0985. The Morgan fingerprint density at radius 3 is 2.59 bits per heavy atom. The second-order valence-corrected chi connectivity index (χ2v) is 7.93. The lowest BCUT2D eigenvalue weighted by atomic mass is 10.2. The van der Waals surface area contributed by atoms with Crippen LogP contribution in [0.25, 0.3) is 10.2 Å². The lowest BCUT2D eigenvalue weighted by Crippen LogP contribution is -2.36. The Labute approximate surface area is 172 Å². The summed E-state index contributed by atoms with van der Waals surface area (Å²) in [7, 11) is 3.91. The minimum atomic E-state index is -0.419. The van der Waals surface area contributed by atoms with Gasteiger partial charge in [-0.1, -0.05) is 23.5 Å². The Kier molecular flexibility index (Phi) is 7.61. The number of anilines is 1. The highest BCUT2D eigenvalue weighted by atomic mass is 35.5. The van der Waals surface area contributed by atoms with Gasteiger partial charge < -0.3 is 4.90 Å². The normalized spacial score (nSPS) is 10.9. The molecule has 0 bridgehead atoms. The van der Waals surface area contributed by atoms with Crippen LogP contribution in [0, 0.1) is 5.82 Å². The first-order valence-corrected chi connectivity index (χ1v) is 10.2. The molecule has 0 fully saturated rings. The van der Waals surface area contributed by atoms with Crippen LogP contribution in [0.4, 0.5) is 9.52 Å². The topological polar surface area (TPSA) is 36.4 Å². The molecule has 1 heterocycles. The van der Waals surface area contributed by atoms with Gasteiger partial charge in [0.15, 0.2) is 5.13 Å². The molecule has 0 atom stereocenters. The van der Waals surface area contributed by atoms with Gasteiger partial charge in [-0.3, -0.25) is 9.69 Å². The number of para-hydroxylation sites is 1. The summed E-state index contributed by atoms with van der Waals surface area (Å²) in [5, 5.41) is 0.637. The monoisotopic (exact) mass is 425 g/mol. The van der Waals surface area contributed by atoms with E-state index in [-0.39, 0.29) is 18.3 Å². The van der Waals surface area contributed by atoms with E-state index in [4.69, 9.17) is 4.98 Å². The maximum absolute atomic E-state index is 13.6. The molecule has 0 unspecified atom stereocenters. The van der Waals surface area contributed by atoms with Crippen molar-refractivity contribution in [1.29, 1.82) is 0 Å². The number of likely N-dealkylation sites (N-methyl/N-ethyl adjacent to an activating group) is 1. The molecule has 0 saturated carbocycles. The molecule has 3 aromatic rings. The van der Waals surface area contributed by atoms with Crippen LogP contribution in [0.3, 0.4) is 0 Å². The van der Waals surface area contributed by atoms with Crippen molar-refractivity contribution in [3.63, 3.8) is 0 Å². The Balaban J connectivity index is 0.00000261. The number of hydrogen-bond acceptors (Lipinski definition) is 5. The van der Waals surface area contributed by atoms with Gasteiger partial charge in [0.05, 0.1) is 10.2 Å². The van der Waals surface area contributed by atoms with Crippen molar-refractivity contribution in [3.05, 3.63) is 53.8 Å². The number of benzene rings is 2. The van der Waals surface area contributed by atoms with Gasteiger partial charge in [-0.05, 0) is 50.7 Å². The SMILES string of the molecule is CSc1cccc2sc(N(CCN(C)C)C(=O)c3cccc(F)c3)nc12.Cl. The average Bonchev–Trinajstić information content (AvgIpc) is 3.05. The van der Waals surface area contributed by atoms with Crippen LogP contribution in [-0.2, 0) is 0 Å². The van der Waals surface area contributed by atoms with Gasteiger partial charge in [0.2, 0.25) is 0 Å². The van der Waals surface area contributed by atoms with E-state index in [2.05, 4.69) is 0 Å². The number of thiazole rings is 1. The van der Waals surface area contributed by atoms with Gasteiger partial charge >= 0.3 is 0 Å². The molecule has 1 aromatic heterocycles. The lowest BCUT2D eigenvalue weighted by Gasteiger charge is -2.22. The Morgan fingerprint density at radius 1 is 1.19 bits per heavy atom. The fraction of sp³-hybridized carbons (Fsp3) is 0.263. The van der Waals surface area contributed by atoms with E-state index < -0.39 is 5.82 Å². The Hall–Kier alpha value is -1.67. The van der Waals surface area contributed by atoms with Crippen LogP contribution in [0.15, 0.2) is 47.4 Å². The molecular weight excluding hydrogens is 405 g/mol. The molecule has 0 N–H and O–H groups in total. The number of nitrogens with zero attached hydrogens (tertiary/aromatic N) is 3. The number of rotatable bonds is 6. The highest BCUT2D eigenvalue weighted by Gasteiger charge is 2.22. The van der Waals surface area contributed by atoms with Crippen molar-refractivity contribution >= 4 is 56.8 Å². The number of thioether (sulfide) groups is 1. The fourth-order valence-electron chi connectivity index (χ4n) is 2.55. The minimum absolute atomic E-state index is 0. The van der Waals surface area contributed by atoms with Crippen LogP contribution in [0.2, 0.25) is 0 Å². The molecule has 27 heavy (non-hydrogen) atoms. The molecule has 1 amide bonds. The van der Waals surface area contributed by atoms with E-state index >= 15 is 0 Å². The Bertz CT molecular complexity index is 932. The van der Waals surface area contributed by atoms with Gasteiger partial charge in [0, 0.05) is 23.5 Å². The van der Waals surface area contributed by atoms with Gasteiger partial charge in [-0.15, -0.1) is 24.2 Å². The van der Waals surface area contributed by atoms with Crippen molar-refractivity contribution < 1.29 is 9.18 Å². The van der Waals surface area contributed by atoms with Crippen molar-refractivity contribution in [2.24, 2.45) is 0 Å². The molecule has 0 radical (unpaired) electrons. The molecule has 4 nitrogen and oxygen atoms in total. The van der Waals surface area contributed by atoms with E-state index in [1.807, 2.05) is 43.5 Å². The standard InChI is InChI=1S/C19H20FN3OS2.ClH/c1-22(2)10-11-23(18(24)13-6-4-7-14(20)12-13)19-21-17-15(25-3)8-5-9-16(17)26-19;/h4-9,12H,10-11H2,1-3H3;1H. The molecule has 8 heteroatoms. The van der Waals surface area contributed by atoms with E-state index in [1.54, 1.807) is 28.8 Å². The summed E-state index contributed by atoms with van der Waals surface area (Å²) in [5.74, 6) is -0.659. The maximum Gasteiger partial charge on any atom is 0.260 e. The summed E-state index contributed by atoms with van der Waals surface area (Å²) in [6.45, 7) is 1.17. The second-order valence-electron chi connectivity index (χ2n) is 6.07. The summed E-state index contributed by atoms with van der Waals surface area (Å²) >= 11 is 3.11. The van der Waals surface area contributed by atoms with Crippen molar-refractivity contribution in [2.75, 3.05) is 38.3 Å². The number of carbonyl (C=O) groups is 1. The third-order valence-electron chi connectivity index (χ3n) is 3.91. The van der Waals surface area contributed by atoms with Crippen molar-refractivity contribution in [3.8, 4) is 0 Å². The van der Waals surface area contributed by atoms with Crippen LogP contribution in [-0.4, -0.2) is 49.2 Å². The van der Waals surface area contributed by atoms with Crippen molar-refractivity contribution in [1.82, 2.24) is 9.88 Å². The number of aromatic nitrogens is 1. The minimum Gasteiger partial charge on any atom is -0.308 e. The zero-order chi connectivity index (χ0) is 18.7.